The Balaban J connectivity index is 1.45. The fraction of sp³-hybridized carbons (Fsp3) is 0.185. The van der Waals surface area contributed by atoms with E-state index in [4.69, 9.17) is 11.6 Å². The topological polar surface area (TPSA) is 21.3 Å². The van der Waals surface area contributed by atoms with Crippen LogP contribution in [0.15, 0.2) is 84.9 Å². The van der Waals surface area contributed by atoms with Gasteiger partial charge in [-0.2, -0.15) is 8.78 Å². The van der Waals surface area contributed by atoms with Gasteiger partial charge >= 0.3 is 6.61 Å². The van der Waals surface area contributed by atoms with Crippen LogP contribution in [0.1, 0.15) is 11.1 Å². The second-order valence-electron chi connectivity index (χ2n) is 7.65. The van der Waals surface area contributed by atoms with Crippen molar-refractivity contribution in [1.82, 2.24) is 5.32 Å². The first-order valence-corrected chi connectivity index (χ1v) is 11.0. The highest BCUT2D eigenvalue weighted by Crippen LogP contribution is 2.31. The van der Waals surface area contributed by atoms with E-state index in [0.717, 1.165) is 52.9 Å². The van der Waals surface area contributed by atoms with Crippen LogP contribution in [0.3, 0.4) is 0 Å². The Morgan fingerprint density at radius 3 is 2.28 bits per heavy atom. The molecule has 0 aliphatic rings. The van der Waals surface area contributed by atoms with Gasteiger partial charge in [0.05, 0.1) is 0 Å². The van der Waals surface area contributed by atoms with Crippen molar-refractivity contribution in [1.29, 1.82) is 0 Å². The molecular weight excluding hydrogens is 428 g/mol. The molecule has 0 aromatic heterocycles. The van der Waals surface area contributed by atoms with Gasteiger partial charge in [-0.15, -0.1) is 0 Å². The molecule has 0 aliphatic carbocycles. The maximum atomic E-state index is 12.5. The van der Waals surface area contributed by atoms with Crippen LogP contribution < -0.4 is 10.1 Å². The number of rotatable bonds is 9. The molecule has 1 N–H and O–H groups in total. The summed E-state index contributed by atoms with van der Waals surface area (Å²) in [5.74, 6) is 0.160. The van der Waals surface area contributed by atoms with E-state index in [9.17, 15) is 8.78 Å². The highest BCUT2D eigenvalue weighted by Gasteiger charge is 2.09. The summed E-state index contributed by atoms with van der Waals surface area (Å²) in [5, 5.41) is 6.56. The van der Waals surface area contributed by atoms with Crippen molar-refractivity contribution in [3.63, 3.8) is 0 Å². The molecule has 0 atom stereocenters. The van der Waals surface area contributed by atoms with Crippen molar-refractivity contribution >= 4 is 22.4 Å². The smallest absolute Gasteiger partial charge is 0.387 e. The summed E-state index contributed by atoms with van der Waals surface area (Å²) in [7, 11) is 0. The molecule has 0 radical (unpaired) electrons. The molecule has 0 heterocycles. The van der Waals surface area contributed by atoms with Gasteiger partial charge in [-0.3, -0.25) is 0 Å². The zero-order valence-electron chi connectivity index (χ0n) is 17.5. The molecule has 32 heavy (non-hydrogen) atoms. The molecule has 0 bridgehead atoms. The minimum Gasteiger partial charge on any atom is -0.435 e. The van der Waals surface area contributed by atoms with E-state index in [1.807, 2.05) is 42.5 Å². The van der Waals surface area contributed by atoms with Crippen LogP contribution in [0.25, 0.3) is 21.9 Å². The van der Waals surface area contributed by atoms with Gasteiger partial charge in [0.1, 0.15) is 5.75 Å². The molecule has 4 aromatic rings. The zero-order chi connectivity index (χ0) is 22.3. The molecule has 2 nitrogen and oxygen atoms in total. The largest absolute Gasteiger partial charge is 0.435 e. The van der Waals surface area contributed by atoms with Gasteiger partial charge in [-0.25, -0.2) is 0 Å². The Hall–Kier alpha value is -2.95. The average Bonchev–Trinajstić information content (AvgIpc) is 2.78. The third kappa shape index (κ3) is 5.84. The number of ether oxygens (including phenoxy) is 1. The first-order chi connectivity index (χ1) is 15.6. The molecule has 164 valence electrons. The predicted molar refractivity (Wildman–Crippen MR) is 128 cm³/mol. The Morgan fingerprint density at radius 1 is 0.781 bits per heavy atom. The molecule has 0 saturated carbocycles. The van der Waals surface area contributed by atoms with E-state index in [0.29, 0.717) is 0 Å². The third-order valence-electron chi connectivity index (χ3n) is 5.38. The van der Waals surface area contributed by atoms with Gasteiger partial charge in [-0.05, 0) is 83.2 Å². The number of alkyl halides is 2. The van der Waals surface area contributed by atoms with Crippen LogP contribution in [-0.4, -0.2) is 19.7 Å². The zero-order valence-corrected chi connectivity index (χ0v) is 18.3. The summed E-state index contributed by atoms with van der Waals surface area (Å²) in [6.07, 6.45) is 1.82. The summed E-state index contributed by atoms with van der Waals surface area (Å²) in [5.41, 5.74) is 4.50. The molecule has 5 heteroatoms. The number of benzene rings is 4. The highest BCUT2D eigenvalue weighted by atomic mass is 35.5. The van der Waals surface area contributed by atoms with Crippen LogP contribution in [0, 0.1) is 0 Å². The lowest BCUT2D eigenvalue weighted by Gasteiger charge is -2.12. The summed E-state index contributed by atoms with van der Waals surface area (Å²) < 4.78 is 29.4. The Kier molecular flexibility index (Phi) is 7.35. The monoisotopic (exact) mass is 451 g/mol. The van der Waals surface area contributed by atoms with Gasteiger partial charge in [-0.1, -0.05) is 72.3 Å². The maximum Gasteiger partial charge on any atom is 0.387 e. The SMILES string of the molecule is FC(F)Oc1ccc(-c2cc(CCNCCc3cccc(Cl)c3)cc3ccccc23)cc1. The van der Waals surface area contributed by atoms with Crippen molar-refractivity contribution < 1.29 is 13.5 Å². The second-order valence-corrected chi connectivity index (χ2v) is 8.08. The molecule has 0 aliphatic heterocycles. The van der Waals surface area contributed by atoms with Crippen LogP contribution in [0.5, 0.6) is 5.75 Å². The first kappa shape index (κ1) is 22.3. The lowest BCUT2D eigenvalue weighted by molar-refractivity contribution is -0.0498. The van der Waals surface area contributed by atoms with Crippen molar-refractivity contribution in [2.45, 2.75) is 19.5 Å². The minimum absolute atomic E-state index is 0.160. The molecule has 0 spiro atoms. The van der Waals surface area contributed by atoms with Gasteiger partial charge < -0.3 is 10.1 Å². The van der Waals surface area contributed by atoms with Crippen molar-refractivity contribution in [2.24, 2.45) is 0 Å². The molecule has 4 aromatic carbocycles. The van der Waals surface area contributed by atoms with E-state index >= 15 is 0 Å². The van der Waals surface area contributed by atoms with Gasteiger partial charge in [0.25, 0.3) is 0 Å². The number of fused-ring (bicyclic) bond motifs is 1. The quantitative estimate of drug-likeness (QED) is 0.273. The molecular formula is C27H24ClF2NO. The number of hydrogen-bond donors (Lipinski definition) is 1. The van der Waals surface area contributed by atoms with Crippen LogP contribution in [-0.2, 0) is 12.8 Å². The Bertz CT molecular complexity index is 1180. The van der Waals surface area contributed by atoms with E-state index in [2.05, 4.69) is 40.4 Å². The normalized spacial score (nSPS) is 11.2. The van der Waals surface area contributed by atoms with E-state index < -0.39 is 6.61 Å². The predicted octanol–water partition coefficient (Wildman–Crippen LogP) is 7.14. The number of halogens is 3. The van der Waals surface area contributed by atoms with Crippen LogP contribution in [0.4, 0.5) is 8.78 Å². The Labute approximate surface area is 191 Å². The van der Waals surface area contributed by atoms with Gasteiger partial charge in [0, 0.05) is 5.02 Å². The maximum absolute atomic E-state index is 12.5. The fourth-order valence-corrected chi connectivity index (χ4v) is 4.07. The minimum atomic E-state index is -2.82. The van der Waals surface area contributed by atoms with Crippen LogP contribution >= 0.6 is 11.6 Å². The number of hydrogen-bond acceptors (Lipinski definition) is 2. The summed E-state index contributed by atoms with van der Waals surface area (Å²) in [6, 6.07) is 27.4. The highest BCUT2D eigenvalue weighted by molar-refractivity contribution is 6.30. The lowest BCUT2D eigenvalue weighted by Crippen LogP contribution is -2.20. The van der Waals surface area contributed by atoms with E-state index in [-0.39, 0.29) is 5.75 Å². The Morgan fingerprint density at radius 2 is 1.53 bits per heavy atom. The van der Waals surface area contributed by atoms with Crippen molar-refractivity contribution in [3.8, 4) is 16.9 Å². The van der Waals surface area contributed by atoms with Crippen molar-refractivity contribution in [2.75, 3.05) is 13.1 Å². The molecule has 0 unspecified atom stereocenters. The first-order valence-electron chi connectivity index (χ1n) is 10.6. The van der Waals surface area contributed by atoms with E-state index in [1.165, 1.54) is 11.1 Å². The summed E-state index contributed by atoms with van der Waals surface area (Å²) in [6.45, 7) is -1.08. The second kappa shape index (κ2) is 10.6. The van der Waals surface area contributed by atoms with Crippen molar-refractivity contribution in [3.05, 3.63) is 101 Å². The summed E-state index contributed by atoms with van der Waals surface area (Å²) in [4.78, 5) is 0. The lowest BCUT2D eigenvalue weighted by atomic mass is 9.94. The fourth-order valence-electron chi connectivity index (χ4n) is 3.85. The summed E-state index contributed by atoms with van der Waals surface area (Å²) >= 11 is 6.05. The molecule has 0 saturated heterocycles. The molecule has 0 fully saturated rings. The van der Waals surface area contributed by atoms with Gasteiger partial charge in [0.15, 0.2) is 0 Å². The third-order valence-corrected chi connectivity index (χ3v) is 5.62. The molecule has 4 rings (SSSR count). The number of nitrogens with one attached hydrogen (secondary N) is 1. The average molecular weight is 452 g/mol. The van der Waals surface area contributed by atoms with Crippen LogP contribution in [0.2, 0.25) is 5.02 Å². The molecule has 0 amide bonds. The standard InChI is InChI=1S/C27H24ClF2NO/c28-23-6-3-4-19(17-23)12-14-31-15-13-20-16-22-5-1-2-7-25(22)26(18-20)21-8-10-24(11-9-21)32-27(29)30/h1-11,16-18,27,31H,12-15H2. The van der Waals surface area contributed by atoms with Gasteiger partial charge in [0.2, 0.25) is 0 Å². The van der Waals surface area contributed by atoms with E-state index in [1.54, 1.807) is 12.1 Å².